The molecule has 10 nitrogen and oxygen atoms in total. The minimum absolute atomic E-state index is 0.118. The zero-order chi connectivity index (χ0) is 25.2. The smallest absolute Gasteiger partial charge is 0.252 e. The summed E-state index contributed by atoms with van der Waals surface area (Å²) in [5, 5.41) is 0. The van der Waals surface area contributed by atoms with Gasteiger partial charge in [0.2, 0.25) is 18.6 Å². The fraction of sp³-hybridized carbons (Fsp3) is 0.593. The maximum absolute atomic E-state index is 12.7. The first-order chi connectivity index (χ1) is 18.1. The second kappa shape index (κ2) is 10.7. The minimum atomic E-state index is -0.118. The van der Waals surface area contributed by atoms with E-state index >= 15 is 0 Å². The number of ether oxygens (including phenoxy) is 2. The van der Waals surface area contributed by atoms with Gasteiger partial charge in [-0.2, -0.15) is 0 Å². The zero-order valence-corrected chi connectivity index (χ0v) is 21.4. The van der Waals surface area contributed by atoms with E-state index in [2.05, 4.69) is 31.8 Å². The summed E-state index contributed by atoms with van der Waals surface area (Å²) in [5.74, 6) is 2.81. The number of aromatic nitrogens is 2. The lowest BCUT2D eigenvalue weighted by Gasteiger charge is -2.34. The van der Waals surface area contributed by atoms with E-state index in [9.17, 15) is 9.59 Å². The van der Waals surface area contributed by atoms with E-state index in [1.807, 2.05) is 11.0 Å². The van der Waals surface area contributed by atoms with Crippen LogP contribution in [0.5, 0.6) is 11.5 Å². The van der Waals surface area contributed by atoms with Gasteiger partial charge in [-0.05, 0) is 37.0 Å². The molecule has 0 spiro atoms. The third kappa shape index (κ3) is 5.60. The number of carbonyl (C=O) groups excluding carboxylic acids is 1. The van der Waals surface area contributed by atoms with Gasteiger partial charge >= 0.3 is 0 Å². The number of hydrogen-bond donors (Lipinski definition) is 1. The molecule has 3 fully saturated rings. The Hall–Kier alpha value is -3.11. The first-order valence-corrected chi connectivity index (χ1v) is 13.6. The monoisotopic (exact) mass is 508 g/mol. The van der Waals surface area contributed by atoms with Gasteiger partial charge in [0.1, 0.15) is 0 Å². The summed E-state index contributed by atoms with van der Waals surface area (Å²) in [5.41, 5.74) is 1.91. The van der Waals surface area contributed by atoms with Gasteiger partial charge in [0.15, 0.2) is 11.5 Å². The molecule has 6 rings (SSSR count). The number of H-pyrrole nitrogens is 1. The highest BCUT2D eigenvalue weighted by molar-refractivity contribution is 5.79. The van der Waals surface area contributed by atoms with Crippen LogP contribution in [0.1, 0.15) is 36.9 Å². The molecule has 1 aliphatic carbocycles. The number of benzene rings is 1. The van der Waals surface area contributed by atoms with Crippen LogP contribution in [-0.2, 0) is 17.9 Å². The Morgan fingerprint density at radius 3 is 2.46 bits per heavy atom. The number of rotatable bonds is 6. The van der Waals surface area contributed by atoms with Gasteiger partial charge in [-0.15, -0.1) is 0 Å². The van der Waals surface area contributed by atoms with E-state index in [1.165, 1.54) is 12.0 Å². The quantitative estimate of drug-likeness (QED) is 0.630. The maximum atomic E-state index is 12.7. The van der Waals surface area contributed by atoms with Crippen molar-refractivity contribution in [3.8, 4) is 11.5 Å². The molecule has 3 aliphatic heterocycles. The highest BCUT2D eigenvalue weighted by Gasteiger charge is 2.30. The molecule has 0 radical (unpaired) electrons. The van der Waals surface area contributed by atoms with Crippen LogP contribution in [0, 0.1) is 5.92 Å². The van der Waals surface area contributed by atoms with Gasteiger partial charge in [0.05, 0.1) is 5.69 Å². The van der Waals surface area contributed by atoms with Gasteiger partial charge in [0.25, 0.3) is 5.56 Å². The summed E-state index contributed by atoms with van der Waals surface area (Å²) in [7, 11) is 0. The Bertz CT molecular complexity index is 1170. The first kappa shape index (κ1) is 24.2. The molecule has 37 heavy (non-hydrogen) atoms. The SMILES string of the molecule is O=C(C1CCC1)N1CCCN(c2nc(CN3CCN(Cc4ccc5c(c4)OCO5)CC3)cc(=O)[nH]2)CC1. The second-order valence-electron chi connectivity index (χ2n) is 10.6. The number of carbonyl (C=O) groups is 1. The summed E-state index contributed by atoms with van der Waals surface area (Å²) in [6, 6.07) is 7.78. The lowest BCUT2D eigenvalue weighted by atomic mass is 9.84. The number of hydrogen-bond acceptors (Lipinski definition) is 8. The molecule has 1 N–H and O–H groups in total. The van der Waals surface area contributed by atoms with Crippen molar-refractivity contribution in [1.82, 2.24) is 24.7 Å². The molecule has 0 bridgehead atoms. The van der Waals surface area contributed by atoms with Crippen LogP contribution in [0.2, 0.25) is 0 Å². The fourth-order valence-corrected chi connectivity index (χ4v) is 5.62. The van der Waals surface area contributed by atoms with Crippen LogP contribution in [0.15, 0.2) is 29.1 Å². The van der Waals surface area contributed by atoms with Crippen LogP contribution >= 0.6 is 0 Å². The van der Waals surface area contributed by atoms with E-state index in [4.69, 9.17) is 14.5 Å². The van der Waals surface area contributed by atoms with E-state index in [0.29, 0.717) is 38.3 Å². The van der Waals surface area contributed by atoms with Crippen LogP contribution in [0.25, 0.3) is 0 Å². The number of nitrogens with one attached hydrogen (secondary N) is 1. The van der Waals surface area contributed by atoms with E-state index in [0.717, 1.165) is 82.3 Å². The summed E-state index contributed by atoms with van der Waals surface area (Å²) in [6.07, 6.45) is 4.12. The van der Waals surface area contributed by atoms with Crippen LogP contribution in [-0.4, -0.2) is 89.7 Å². The van der Waals surface area contributed by atoms with Gasteiger partial charge in [-0.25, -0.2) is 4.98 Å². The lowest BCUT2D eigenvalue weighted by molar-refractivity contribution is -0.137. The van der Waals surface area contributed by atoms with Crippen molar-refractivity contribution in [2.24, 2.45) is 5.92 Å². The van der Waals surface area contributed by atoms with E-state index in [-0.39, 0.29) is 11.5 Å². The predicted molar refractivity (Wildman–Crippen MR) is 139 cm³/mol. The predicted octanol–water partition coefficient (Wildman–Crippen LogP) is 1.66. The zero-order valence-electron chi connectivity index (χ0n) is 21.4. The third-order valence-corrected chi connectivity index (χ3v) is 8.04. The number of fused-ring (bicyclic) bond motifs is 1. The molecule has 0 atom stereocenters. The van der Waals surface area contributed by atoms with Crippen LogP contribution < -0.4 is 19.9 Å². The van der Waals surface area contributed by atoms with Crippen molar-refractivity contribution in [3.63, 3.8) is 0 Å². The molecule has 4 heterocycles. The highest BCUT2D eigenvalue weighted by atomic mass is 16.7. The number of anilines is 1. The van der Waals surface area contributed by atoms with Gasteiger partial charge in [-0.1, -0.05) is 12.5 Å². The Kier molecular flexibility index (Phi) is 7.01. The summed E-state index contributed by atoms with van der Waals surface area (Å²) >= 11 is 0. The Labute approximate surface area is 217 Å². The Morgan fingerprint density at radius 1 is 0.892 bits per heavy atom. The number of aromatic amines is 1. The molecule has 1 aromatic carbocycles. The molecular weight excluding hydrogens is 472 g/mol. The molecule has 2 aromatic rings. The average molecular weight is 509 g/mol. The van der Waals surface area contributed by atoms with Crippen molar-refractivity contribution >= 4 is 11.9 Å². The summed E-state index contributed by atoms with van der Waals surface area (Å²) in [6.45, 7) is 8.58. The average Bonchev–Trinajstić information content (AvgIpc) is 3.18. The molecule has 0 unspecified atom stereocenters. The minimum Gasteiger partial charge on any atom is -0.454 e. The number of amides is 1. The van der Waals surface area contributed by atoms with Crippen LogP contribution in [0.4, 0.5) is 5.95 Å². The van der Waals surface area contributed by atoms with Crippen LogP contribution in [0.3, 0.4) is 0 Å². The van der Waals surface area contributed by atoms with Gasteiger partial charge < -0.3 is 19.3 Å². The van der Waals surface area contributed by atoms with Crippen molar-refractivity contribution < 1.29 is 14.3 Å². The van der Waals surface area contributed by atoms with Gasteiger partial charge in [-0.3, -0.25) is 24.4 Å². The highest BCUT2D eigenvalue weighted by Crippen LogP contribution is 2.33. The number of nitrogens with zero attached hydrogens (tertiary/aromatic N) is 5. The van der Waals surface area contributed by atoms with Crippen molar-refractivity contribution in [2.45, 2.75) is 38.8 Å². The van der Waals surface area contributed by atoms with E-state index < -0.39 is 0 Å². The van der Waals surface area contributed by atoms with Crippen molar-refractivity contribution in [2.75, 3.05) is 64.1 Å². The molecule has 2 saturated heterocycles. The lowest BCUT2D eigenvalue weighted by Crippen LogP contribution is -2.45. The third-order valence-electron chi connectivity index (χ3n) is 8.04. The second-order valence-corrected chi connectivity index (χ2v) is 10.6. The Balaban J connectivity index is 1.02. The molecule has 1 aromatic heterocycles. The van der Waals surface area contributed by atoms with E-state index in [1.54, 1.807) is 6.07 Å². The summed E-state index contributed by atoms with van der Waals surface area (Å²) in [4.78, 5) is 41.9. The van der Waals surface area contributed by atoms with Gasteiger partial charge in [0, 0.05) is 77.4 Å². The molecule has 1 amide bonds. The van der Waals surface area contributed by atoms with Crippen molar-refractivity contribution in [1.29, 1.82) is 0 Å². The summed E-state index contributed by atoms with van der Waals surface area (Å²) < 4.78 is 10.9. The van der Waals surface area contributed by atoms with Crippen molar-refractivity contribution in [3.05, 3.63) is 45.9 Å². The molecule has 4 aliphatic rings. The normalized spacial score (nSPS) is 21.1. The fourth-order valence-electron chi connectivity index (χ4n) is 5.62. The molecule has 1 saturated carbocycles. The largest absolute Gasteiger partial charge is 0.454 e. The maximum Gasteiger partial charge on any atom is 0.252 e. The number of piperazine rings is 1. The Morgan fingerprint density at radius 2 is 1.68 bits per heavy atom. The molecular formula is C27H36N6O4. The standard InChI is InChI=1S/C27H36N6O4/c34-25-16-22(28-27(29-25)33-8-2-7-32(13-14-33)26(35)21-3-1-4-21)18-31-11-9-30(10-12-31)17-20-5-6-23-24(15-20)37-19-36-23/h5-6,15-16,21H,1-4,7-14,17-19H2,(H,28,29,34). The molecule has 10 heteroatoms. The topological polar surface area (TPSA) is 94.2 Å². The molecule has 198 valence electrons. The first-order valence-electron chi connectivity index (χ1n) is 13.6.